The summed E-state index contributed by atoms with van der Waals surface area (Å²) in [6.45, 7) is 7.30. The van der Waals surface area contributed by atoms with Gasteiger partial charge in [-0.1, -0.05) is 48.0 Å². The Labute approximate surface area is 279 Å². The maximum absolute atomic E-state index is 13.7. The Morgan fingerprint density at radius 3 is 2.30 bits per heavy atom. The van der Waals surface area contributed by atoms with E-state index >= 15 is 0 Å². The highest BCUT2D eigenvalue weighted by Gasteiger charge is 2.32. The first-order valence-electron chi connectivity index (χ1n) is 15.6. The first kappa shape index (κ1) is 35.7. The Morgan fingerprint density at radius 1 is 0.957 bits per heavy atom. The normalized spacial score (nSPS) is 13.2. The molecule has 0 spiro atoms. The largest absolute Gasteiger partial charge is 0.476 e. The lowest BCUT2D eigenvalue weighted by Gasteiger charge is -2.24. The summed E-state index contributed by atoms with van der Waals surface area (Å²) in [6, 6.07) is 20.9. The quantitative estimate of drug-likeness (QED) is 0.0998. The fraction of sp³-hybridized carbons (Fsp3) is 0.351. The Kier molecular flexibility index (Phi) is 12.2. The van der Waals surface area contributed by atoms with Crippen LogP contribution in [0.1, 0.15) is 58.7 Å². The SMILES string of the molecule is CC(C)n1c(/C=C/C(O)CC(O)CC(=O)OCCCOC(=O)C(C)(C)Oc2ccc(Cl)cc2)c(-c2ccc(F)cc2)c2ccccc21. The van der Waals surface area contributed by atoms with Gasteiger partial charge in [0.1, 0.15) is 11.6 Å². The summed E-state index contributed by atoms with van der Waals surface area (Å²) in [5.41, 5.74) is 2.34. The van der Waals surface area contributed by atoms with Crippen LogP contribution in [-0.2, 0) is 19.1 Å². The van der Waals surface area contributed by atoms with Crippen molar-refractivity contribution in [3.63, 3.8) is 0 Å². The number of fused-ring (bicyclic) bond motifs is 1. The van der Waals surface area contributed by atoms with Gasteiger partial charge in [0.2, 0.25) is 0 Å². The topological polar surface area (TPSA) is 107 Å². The second-order valence-corrected chi connectivity index (χ2v) is 12.5. The van der Waals surface area contributed by atoms with Gasteiger partial charge in [-0.25, -0.2) is 9.18 Å². The predicted molar refractivity (Wildman–Crippen MR) is 181 cm³/mol. The van der Waals surface area contributed by atoms with E-state index in [1.54, 1.807) is 62.4 Å². The molecule has 0 amide bonds. The van der Waals surface area contributed by atoms with Crippen LogP contribution >= 0.6 is 11.6 Å². The molecule has 0 aliphatic carbocycles. The monoisotopic (exact) mass is 665 g/mol. The van der Waals surface area contributed by atoms with Crippen molar-refractivity contribution in [1.29, 1.82) is 0 Å². The number of esters is 2. The Bertz CT molecular complexity index is 1680. The molecule has 0 radical (unpaired) electrons. The molecule has 250 valence electrons. The molecule has 0 saturated heterocycles. The zero-order valence-corrected chi connectivity index (χ0v) is 27.7. The standard InChI is InChI=1S/C37H41ClFNO7/c1-24(2)40-32-9-6-5-8-31(32)35(25-10-14-27(39)15-11-25)33(40)19-16-28(41)22-29(42)23-34(43)45-20-7-21-46-36(44)37(3,4)47-30-17-12-26(38)13-18-30/h5-6,8-19,24,28-29,41-42H,7,20-23H2,1-4H3/b19-16+. The van der Waals surface area contributed by atoms with Crippen molar-refractivity contribution in [2.75, 3.05) is 13.2 Å². The van der Waals surface area contributed by atoms with E-state index in [9.17, 15) is 24.2 Å². The molecular weight excluding hydrogens is 625 g/mol. The lowest BCUT2D eigenvalue weighted by Crippen LogP contribution is -2.40. The van der Waals surface area contributed by atoms with Crippen LogP contribution in [-0.4, -0.2) is 57.7 Å². The van der Waals surface area contributed by atoms with Crippen molar-refractivity contribution in [1.82, 2.24) is 4.57 Å². The summed E-state index contributed by atoms with van der Waals surface area (Å²) in [7, 11) is 0. The zero-order chi connectivity index (χ0) is 34.1. The summed E-state index contributed by atoms with van der Waals surface area (Å²) in [4.78, 5) is 24.8. The maximum Gasteiger partial charge on any atom is 0.349 e. The zero-order valence-electron chi connectivity index (χ0n) is 27.0. The van der Waals surface area contributed by atoms with Gasteiger partial charge < -0.3 is 29.0 Å². The molecule has 2 atom stereocenters. The third kappa shape index (κ3) is 9.67. The molecule has 1 aromatic heterocycles. The van der Waals surface area contributed by atoms with E-state index < -0.39 is 29.7 Å². The summed E-state index contributed by atoms with van der Waals surface area (Å²) in [5, 5.41) is 22.8. The minimum atomic E-state index is -1.24. The Balaban J connectivity index is 1.27. The minimum Gasteiger partial charge on any atom is -0.476 e. The van der Waals surface area contributed by atoms with Crippen LogP contribution in [0.25, 0.3) is 28.1 Å². The molecule has 3 aromatic carbocycles. The smallest absolute Gasteiger partial charge is 0.349 e. The van der Waals surface area contributed by atoms with E-state index in [1.165, 1.54) is 12.1 Å². The average Bonchev–Trinajstić information content (AvgIpc) is 3.35. The molecule has 10 heteroatoms. The lowest BCUT2D eigenvalue weighted by atomic mass is 10.0. The van der Waals surface area contributed by atoms with Gasteiger partial charge in [-0.05, 0) is 81.8 Å². The number of hydrogen-bond acceptors (Lipinski definition) is 7. The Morgan fingerprint density at radius 2 is 1.62 bits per heavy atom. The molecule has 2 N–H and O–H groups in total. The molecule has 0 fully saturated rings. The molecule has 1 heterocycles. The number of carbonyl (C=O) groups excluding carboxylic acids is 2. The molecule has 0 aliphatic rings. The van der Waals surface area contributed by atoms with Crippen molar-refractivity contribution in [3.05, 3.63) is 95.4 Å². The highest BCUT2D eigenvalue weighted by Crippen LogP contribution is 2.38. The first-order chi connectivity index (χ1) is 22.4. The number of aliphatic hydroxyl groups excluding tert-OH is 2. The highest BCUT2D eigenvalue weighted by molar-refractivity contribution is 6.30. The number of benzene rings is 3. The molecule has 0 aliphatic heterocycles. The average molecular weight is 666 g/mol. The van der Waals surface area contributed by atoms with Gasteiger partial charge >= 0.3 is 11.9 Å². The van der Waals surface area contributed by atoms with Gasteiger partial charge in [0.05, 0.1) is 31.8 Å². The van der Waals surface area contributed by atoms with Gasteiger partial charge in [-0.3, -0.25) is 4.79 Å². The van der Waals surface area contributed by atoms with E-state index in [1.807, 2.05) is 24.3 Å². The van der Waals surface area contributed by atoms with Crippen molar-refractivity contribution in [2.24, 2.45) is 0 Å². The molecule has 4 aromatic rings. The molecule has 4 rings (SSSR count). The third-order valence-corrected chi connectivity index (χ3v) is 7.71. The summed E-state index contributed by atoms with van der Waals surface area (Å²) in [5.74, 6) is -1.07. The fourth-order valence-electron chi connectivity index (χ4n) is 5.24. The van der Waals surface area contributed by atoms with Gasteiger partial charge in [0, 0.05) is 46.1 Å². The number of nitrogens with zero attached hydrogens (tertiary/aromatic N) is 1. The highest BCUT2D eigenvalue weighted by atomic mass is 35.5. The molecule has 0 saturated carbocycles. The maximum atomic E-state index is 13.7. The lowest BCUT2D eigenvalue weighted by molar-refractivity contribution is -0.160. The number of aliphatic hydroxyl groups is 2. The van der Waals surface area contributed by atoms with Crippen molar-refractivity contribution in [2.45, 2.75) is 70.8 Å². The Hall–Kier alpha value is -4.18. The second kappa shape index (κ2) is 16.1. The van der Waals surface area contributed by atoms with Crippen molar-refractivity contribution in [3.8, 4) is 16.9 Å². The first-order valence-corrected chi connectivity index (χ1v) is 15.9. The van der Waals surface area contributed by atoms with Crippen LogP contribution in [0.2, 0.25) is 5.02 Å². The second-order valence-electron chi connectivity index (χ2n) is 12.0. The van der Waals surface area contributed by atoms with Crippen molar-refractivity contribution >= 4 is 40.5 Å². The molecule has 8 nitrogen and oxygen atoms in total. The number of ether oxygens (including phenoxy) is 3. The number of rotatable bonds is 15. The van der Waals surface area contributed by atoms with E-state index in [2.05, 4.69) is 18.4 Å². The number of carbonyl (C=O) groups is 2. The molecular formula is C37H41ClFNO7. The molecule has 0 bridgehead atoms. The molecule has 2 unspecified atom stereocenters. The van der Waals surface area contributed by atoms with Gasteiger partial charge in [-0.2, -0.15) is 0 Å². The van der Waals surface area contributed by atoms with Gasteiger partial charge in [0.15, 0.2) is 5.60 Å². The van der Waals surface area contributed by atoms with Gasteiger partial charge in [-0.15, -0.1) is 0 Å². The van der Waals surface area contributed by atoms with Gasteiger partial charge in [0.25, 0.3) is 0 Å². The van der Waals surface area contributed by atoms with E-state index in [-0.39, 0.29) is 44.3 Å². The van der Waals surface area contributed by atoms with Crippen LogP contribution in [0.3, 0.4) is 0 Å². The third-order valence-electron chi connectivity index (χ3n) is 7.45. The summed E-state index contributed by atoms with van der Waals surface area (Å²) >= 11 is 5.88. The van der Waals surface area contributed by atoms with E-state index in [4.69, 9.17) is 25.8 Å². The van der Waals surface area contributed by atoms with Crippen LogP contribution < -0.4 is 4.74 Å². The fourth-order valence-corrected chi connectivity index (χ4v) is 5.37. The molecule has 47 heavy (non-hydrogen) atoms. The van der Waals surface area contributed by atoms with Crippen LogP contribution in [0.5, 0.6) is 5.75 Å². The van der Waals surface area contributed by atoms with Crippen LogP contribution in [0.15, 0.2) is 78.9 Å². The van der Waals surface area contributed by atoms with Crippen LogP contribution in [0, 0.1) is 5.82 Å². The van der Waals surface area contributed by atoms with Crippen LogP contribution in [0.4, 0.5) is 4.39 Å². The van der Waals surface area contributed by atoms with E-state index in [0.29, 0.717) is 10.8 Å². The number of hydrogen-bond donors (Lipinski definition) is 2. The number of para-hydroxylation sites is 1. The predicted octanol–water partition coefficient (Wildman–Crippen LogP) is 7.53. The number of aromatic nitrogens is 1. The summed E-state index contributed by atoms with van der Waals surface area (Å²) < 4.78 is 32.0. The number of halogens is 2. The van der Waals surface area contributed by atoms with E-state index in [0.717, 1.165) is 27.7 Å². The minimum absolute atomic E-state index is 0.00826. The summed E-state index contributed by atoms with van der Waals surface area (Å²) in [6.07, 6.45) is 1.07. The van der Waals surface area contributed by atoms with Crippen molar-refractivity contribution < 1.29 is 38.4 Å².